The zero-order valence-corrected chi connectivity index (χ0v) is 19.3. The maximum absolute atomic E-state index is 12.9. The standard InChI is InChI=1S/C25H28N2O3S/c1-16-6-11-22(12-7-16)31(29,30)27-24-15-21(10-9-18(24)3)25(28)26-20(5)23-13-8-17(2)14-19(23)4/h6-15,20,27H,1-5H3,(H,26,28). The largest absolute Gasteiger partial charge is 0.346 e. The molecule has 0 aliphatic rings. The molecule has 0 fully saturated rings. The highest BCUT2D eigenvalue weighted by Gasteiger charge is 2.18. The molecule has 0 saturated carbocycles. The zero-order valence-electron chi connectivity index (χ0n) is 18.5. The fourth-order valence-electron chi connectivity index (χ4n) is 3.46. The minimum Gasteiger partial charge on any atom is -0.346 e. The number of hydrogen-bond acceptors (Lipinski definition) is 3. The lowest BCUT2D eigenvalue weighted by atomic mass is 10.00. The van der Waals surface area contributed by atoms with Crippen LogP contribution < -0.4 is 10.0 Å². The highest BCUT2D eigenvalue weighted by Crippen LogP contribution is 2.23. The third-order valence-corrected chi connectivity index (χ3v) is 6.70. The van der Waals surface area contributed by atoms with Crippen LogP contribution in [-0.4, -0.2) is 14.3 Å². The molecule has 31 heavy (non-hydrogen) atoms. The average molecular weight is 437 g/mol. The van der Waals surface area contributed by atoms with Crippen LogP contribution >= 0.6 is 0 Å². The number of carbonyl (C=O) groups is 1. The molecule has 1 amide bonds. The van der Waals surface area contributed by atoms with Gasteiger partial charge in [-0.25, -0.2) is 8.42 Å². The number of nitrogens with one attached hydrogen (secondary N) is 2. The summed E-state index contributed by atoms with van der Waals surface area (Å²) in [6, 6.07) is 17.6. The lowest BCUT2D eigenvalue weighted by molar-refractivity contribution is 0.0940. The summed E-state index contributed by atoms with van der Waals surface area (Å²) in [5.41, 5.74) is 5.82. The summed E-state index contributed by atoms with van der Waals surface area (Å²) in [5.74, 6) is -0.261. The Kier molecular flexibility index (Phi) is 6.51. The monoisotopic (exact) mass is 436 g/mol. The number of benzene rings is 3. The van der Waals surface area contributed by atoms with Crippen molar-refractivity contribution in [1.82, 2.24) is 5.32 Å². The van der Waals surface area contributed by atoms with E-state index in [1.165, 1.54) is 5.56 Å². The molecule has 3 aromatic carbocycles. The van der Waals surface area contributed by atoms with E-state index < -0.39 is 10.0 Å². The summed E-state index contributed by atoms with van der Waals surface area (Å²) in [6.07, 6.45) is 0. The first kappa shape index (κ1) is 22.6. The van der Waals surface area contributed by atoms with Gasteiger partial charge in [-0.2, -0.15) is 0 Å². The highest BCUT2D eigenvalue weighted by atomic mass is 32.2. The first-order valence-corrected chi connectivity index (χ1v) is 11.6. The van der Waals surface area contributed by atoms with Crippen LogP contribution in [-0.2, 0) is 10.0 Å². The van der Waals surface area contributed by atoms with E-state index in [0.717, 1.165) is 22.3 Å². The van der Waals surface area contributed by atoms with Crippen LogP contribution in [0.5, 0.6) is 0 Å². The van der Waals surface area contributed by atoms with E-state index in [0.29, 0.717) is 11.3 Å². The zero-order chi connectivity index (χ0) is 22.8. The number of rotatable bonds is 6. The molecule has 1 atom stereocenters. The third-order valence-electron chi connectivity index (χ3n) is 5.31. The van der Waals surface area contributed by atoms with Crippen molar-refractivity contribution in [3.05, 3.63) is 94.0 Å². The van der Waals surface area contributed by atoms with Crippen molar-refractivity contribution in [3.63, 3.8) is 0 Å². The van der Waals surface area contributed by atoms with Crippen LogP contribution in [0.15, 0.2) is 65.6 Å². The molecule has 2 N–H and O–H groups in total. The lowest BCUT2D eigenvalue weighted by Gasteiger charge is -2.18. The predicted octanol–water partition coefficient (Wildman–Crippen LogP) is 5.21. The van der Waals surface area contributed by atoms with Gasteiger partial charge in [0.15, 0.2) is 0 Å². The predicted molar refractivity (Wildman–Crippen MR) is 125 cm³/mol. The number of hydrogen-bond donors (Lipinski definition) is 2. The van der Waals surface area contributed by atoms with Crippen LogP contribution in [0.1, 0.15) is 51.1 Å². The molecule has 162 valence electrons. The molecule has 0 heterocycles. The molecule has 0 spiro atoms. The number of carbonyl (C=O) groups excluding carboxylic acids is 1. The Labute approximate surface area is 184 Å². The van der Waals surface area contributed by atoms with Gasteiger partial charge < -0.3 is 5.32 Å². The molecular formula is C25H28N2O3S. The molecule has 6 heteroatoms. The second kappa shape index (κ2) is 8.94. The summed E-state index contributed by atoms with van der Waals surface area (Å²) in [7, 11) is -3.75. The first-order valence-electron chi connectivity index (χ1n) is 10.1. The van der Waals surface area contributed by atoms with Gasteiger partial charge in [0.05, 0.1) is 16.6 Å². The van der Waals surface area contributed by atoms with Crippen LogP contribution in [0, 0.1) is 27.7 Å². The molecule has 0 aromatic heterocycles. The summed E-state index contributed by atoms with van der Waals surface area (Å²) in [5, 5.41) is 3.00. The minimum atomic E-state index is -3.75. The van der Waals surface area contributed by atoms with Crippen molar-refractivity contribution in [1.29, 1.82) is 0 Å². The Hall–Kier alpha value is -3.12. The Morgan fingerprint density at radius 1 is 0.806 bits per heavy atom. The van der Waals surface area contributed by atoms with Crippen molar-refractivity contribution in [2.24, 2.45) is 0 Å². The third kappa shape index (κ3) is 5.33. The molecule has 0 aliphatic heterocycles. The second-order valence-electron chi connectivity index (χ2n) is 8.00. The van der Waals surface area contributed by atoms with Crippen molar-refractivity contribution < 1.29 is 13.2 Å². The van der Waals surface area contributed by atoms with Crippen LogP contribution in [0.2, 0.25) is 0 Å². The lowest BCUT2D eigenvalue weighted by Crippen LogP contribution is -2.27. The molecule has 0 bridgehead atoms. The topological polar surface area (TPSA) is 75.3 Å². The van der Waals surface area contributed by atoms with Gasteiger partial charge in [0.1, 0.15) is 0 Å². The summed E-state index contributed by atoms with van der Waals surface area (Å²) in [4.78, 5) is 13.0. The molecule has 0 radical (unpaired) electrons. The maximum Gasteiger partial charge on any atom is 0.261 e. The molecule has 1 unspecified atom stereocenters. The van der Waals surface area contributed by atoms with Crippen molar-refractivity contribution >= 4 is 21.6 Å². The number of aryl methyl sites for hydroxylation is 4. The van der Waals surface area contributed by atoms with E-state index in [1.54, 1.807) is 49.4 Å². The van der Waals surface area contributed by atoms with Crippen LogP contribution in [0.4, 0.5) is 5.69 Å². The number of sulfonamides is 1. The smallest absolute Gasteiger partial charge is 0.261 e. The normalized spacial score (nSPS) is 12.3. The van der Waals surface area contributed by atoms with Gasteiger partial charge in [0.25, 0.3) is 15.9 Å². The quantitative estimate of drug-likeness (QED) is 0.557. The van der Waals surface area contributed by atoms with Crippen LogP contribution in [0.3, 0.4) is 0 Å². The fourth-order valence-corrected chi connectivity index (χ4v) is 4.59. The molecular weight excluding hydrogens is 408 g/mol. The molecule has 0 saturated heterocycles. The molecule has 0 aliphatic carbocycles. The van der Waals surface area contributed by atoms with E-state index in [9.17, 15) is 13.2 Å². The van der Waals surface area contributed by atoms with Gasteiger partial charge in [-0.3, -0.25) is 9.52 Å². The first-order chi connectivity index (χ1) is 14.6. The fraction of sp³-hybridized carbons (Fsp3) is 0.240. The van der Waals surface area contributed by atoms with Gasteiger partial charge >= 0.3 is 0 Å². The van der Waals surface area contributed by atoms with Gasteiger partial charge in [-0.1, -0.05) is 47.5 Å². The Morgan fingerprint density at radius 3 is 2.10 bits per heavy atom. The number of amides is 1. The Balaban J connectivity index is 1.81. The number of anilines is 1. The van der Waals surface area contributed by atoms with Gasteiger partial charge in [-0.05, 0) is 75.6 Å². The van der Waals surface area contributed by atoms with E-state index in [4.69, 9.17) is 0 Å². The Morgan fingerprint density at radius 2 is 1.45 bits per heavy atom. The van der Waals surface area contributed by atoms with Gasteiger partial charge in [-0.15, -0.1) is 0 Å². The molecule has 3 aromatic rings. The van der Waals surface area contributed by atoms with E-state index in [1.807, 2.05) is 39.8 Å². The SMILES string of the molecule is Cc1ccc(S(=O)(=O)Nc2cc(C(=O)NC(C)c3ccc(C)cc3C)ccc2C)cc1. The minimum absolute atomic E-state index is 0.177. The highest BCUT2D eigenvalue weighted by molar-refractivity contribution is 7.92. The summed E-state index contributed by atoms with van der Waals surface area (Å²) < 4.78 is 28.1. The second-order valence-corrected chi connectivity index (χ2v) is 9.69. The van der Waals surface area contributed by atoms with E-state index >= 15 is 0 Å². The van der Waals surface area contributed by atoms with Crippen molar-refractivity contribution in [3.8, 4) is 0 Å². The van der Waals surface area contributed by atoms with E-state index in [2.05, 4.69) is 16.1 Å². The Bertz CT molecular complexity index is 1220. The van der Waals surface area contributed by atoms with Crippen molar-refractivity contribution in [2.75, 3.05) is 4.72 Å². The molecule has 5 nitrogen and oxygen atoms in total. The van der Waals surface area contributed by atoms with Gasteiger partial charge in [0.2, 0.25) is 0 Å². The van der Waals surface area contributed by atoms with Crippen LogP contribution in [0.25, 0.3) is 0 Å². The average Bonchev–Trinajstić information content (AvgIpc) is 2.69. The van der Waals surface area contributed by atoms with E-state index in [-0.39, 0.29) is 16.8 Å². The van der Waals surface area contributed by atoms with Gasteiger partial charge in [0, 0.05) is 5.56 Å². The maximum atomic E-state index is 12.9. The van der Waals surface area contributed by atoms with Crippen molar-refractivity contribution in [2.45, 2.75) is 45.6 Å². The molecule has 3 rings (SSSR count). The summed E-state index contributed by atoms with van der Waals surface area (Å²) in [6.45, 7) is 9.69. The summed E-state index contributed by atoms with van der Waals surface area (Å²) >= 11 is 0.